The smallest absolute Gasteiger partial charge is 0.291 e. The molecular formula is C32H34N8O5S. The Morgan fingerprint density at radius 2 is 2.00 bits per heavy atom. The van der Waals surface area contributed by atoms with Gasteiger partial charge in [0.1, 0.15) is 0 Å². The predicted molar refractivity (Wildman–Crippen MR) is 174 cm³/mol. The summed E-state index contributed by atoms with van der Waals surface area (Å²) in [7, 11) is 3.20. The number of anilines is 2. The summed E-state index contributed by atoms with van der Waals surface area (Å²) in [6.07, 6.45) is 10.3. The molecule has 3 aromatic heterocycles. The summed E-state index contributed by atoms with van der Waals surface area (Å²) >= 11 is 1.37. The maximum atomic E-state index is 13.2. The molecule has 3 amide bonds. The average Bonchev–Trinajstić information content (AvgIpc) is 3.62. The Hall–Kier alpha value is -5.11. The summed E-state index contributed by atoms with van der Waals surface area (Å²) in [5.74, 6) is 0.525. The summed E-state index contributed by atoms with van der Waals surface area (Å²) in [4.78, 5) is 54.9. The number of fused-ring (bicyclic) bond motifs is 2. The monoisotopic (exact) mass is 642 g/mol. The lowest BCUT2D eigenvalue weighted by Gasteiger charge is -2.32. The summed E-state index contributed by atoms with van der Waals surface area (Å²) in [5.41, 5.74) is 3.37. The van der Waals surface area contributed by atoms with Gasteiger partial charge in [0.2, 0.25) is 11.7 Å². The van der Waals surface area contributed by atoms with E-state index in [-0.39, 0.29) is 42.5 Å². The highest BCUT2D eigenvalue weighted by atomic mass is 32.1. The normalized spacial score (nSPS) is 15.5. The molecular weight excluding hydrogens is 608 g/mol. The molecule has 238 valence electrons. The van der Waals surface area contributed by atoms with E-state index in [2.05, 4.69) is 30.0 Å². The van der Waals surface area contributed by atoms with Crippen LogP contribution in [0.25, 0.3) is 10.6 Å². The van der Waals surface area contributed by atoms with Gasteiger partial charge in [-0.2, -0.15) is 0 Å². The Labute approximate surface area is 269 Å². The van der Waals surface area contributed by atoms with Crippen molar-refractivity contribution >= 4 is 52.7 Å². The van der Waals surface area contributed by atoms with Gasteiger partial charge in [-0.3, -0.25) is 24.4 Å². The lowest BCUT2D eigenvalue weighted by molar-refractivity contribution is -0.116. The topological polar surface area (TPSA) is 153 Å². The fourth-order valence-corrected chi connectivity index (χ4v) is 6.20. The number of carbonyl (C=O) groups excluding carboxylic acids is 3. The molecule has 5 heterocycles. The molecule has 14 heteroatoms. The van der Waals surface area contributed by atoms with Crippen LogP contribution >= 0.6 is 11.5 Å². The Morgan fingerprint density at radius 1 is 1.13 bits per heavy atom. The van der Waals surface area contributed by atoms with Crippen molar-refractivity contribution in [1.29, 1.82) is 0 Å². The Balaban J connectivity index is 1.01. The maximum Gasteiger partial charge on any atom is 0.291 e. The highest BCUT2D eigenvalue weighted by Gasteiger charge is 2.31. The van der Waals surface area contributed by atoms with Crippen molar-refractivity contribution in [3.05, 3.63) is 59.8 Å². The van der Waals surface area contributed by atoms with Crippen LogP contribution in [0.4, 0.5) is 17.2 Å². The lowest BCUT2D eigenvalue weighted by atomic mass is 10.0. The van der Waals surface area contributed by atoms with Gasteiger partial charge < -0.3 is 29.6 Å². The van der Waals surface area contributed by atoms with Crippen LogP contribution in [-0.2, 0) is 11.8 Å². The highest BCUT2D eigenvalue weighted by molar-refractivity contribution is 7.09. The number of methoxy groups -OCH3 is 1. The van der Waals surface area contributed by atoms with Gasteiger partial charge in [0, 0.05) is 44.7 Å². The van der Waals surface area contributed by atoms with Gasteiger partial charge in [0.05, 0.1) is 53.5 Å². The molecule has 1 aromatic carbocycles. The van der Waals surface area contributed by atoms with Crippen LogP contribution in [0, 0.1) is 6.92 Å². The molecule has 0 radical (unpaired) electrons. The number of hydrogen-bond donors (Lipinski definition) is 2. The molecule has 0 aliphatic carbocycles. The number of aromatic nitrogens is 4. The van der Waals surface area contributed by atoms with Gasteiger partial charge in [-0.25, -0.2) is 9.36 Å². The van der Waals surface area contributed by atoms with E-state index < -0.39 is 5.91 Å². The van der Waals surface area contributed by atoms with E-state index in [1.54, 1.807) is 48.4 Å². The number of hydrogen-bond acceptors (Lipinski definition) is 10. The Bertz CT molecular complexity index is 1800. The number of nitrogens with one attached hydrogen (secondary N) is 2. The largest absolute Gasteiger partial charge is 0.493 e. The molecule has 1 fully saturated rings. The lowest BCUT2D eigenvalue weighted by Crippen LogP contribution is -2.43. The number of aryl methyl sites for hydroxylation is 2. The Kier molecular flexibility index (Phi) is 9.06. The second kappa shape index (κ2) is 13.5. The first-order valence-corrected chi connectivity index (χ1v) is 15.8. The third-order valence-electron chi connectivity index (χ3n) is 7.86. The number of pyridine rings is 1. The maximum absolute atomic E-state index is 13.2. The molecule has 46 heavy (non-hydrogen) atoms. The molecule has 0 unspecified atom stereocenters. The summed E-state index contributed by atoms with van der Waals surface area (Å²) in [6.45, 7) is 2.92. The molecule has 0 spiro atoms. The molecule has 0 bridgehead atoms. The van der Waals surface area contributed by atoms with Crippen molar-refractivity contribution < 1.29 is 23.9 Å². The van der Waals surface area contributed by atoms with Crippen LogP contribution in [0.1, 0.15) is 58.6 Å². The fraction of sp³-hybridized carbons (Fsp3) is 0.344. The van der Waals surface area contributed by atoms with Gasteiger partial charge in [-0.15, -0.1) is 0 Å². The van der Waals surface area contributed by atoms with Crippen LogP contribution < -0.4 is 20.1 Å². The van der Waals surface area contributed by atoms with Crippen LogP contribution in [0.15, 0.2) is 47.8 Å². The number of carbonyl (C=O) groups is 3. The van der Waals surface area contributed by atoms with Crippen LogP contribution in [0.2, 0.25) is 0 Å². The number of ether oxygens (including phenoxy) is 2. The van der Waals surface area contributed by atoms with Crippen LogP contribution in [0.3, 0.4) is 0 Å². The van der Waals surface area contributed by atoms with Crippen molar-refractivity contribution in [2.45, 2.75) is 45.1 Å². The molecule has 13 nitrogen and oxygen atoms in total. The SMILES string of the molecule is COc1cc2c(cc1OCCCC(=O)Nc1cn(C)c(C(=O)Nc3ccc(-c4sncc4C)nc3)n1)N=C[C@@H]1CCCCN1C2=O. The number of amides is 3. The second-order valence-corrected chi connectivity index (χ2v) is 11.9. The van der Waals surface area contributed by atoms with E-state index in [4.69, 9.17) is 9.47 Å². The van der Waals surface area contributed by atoms with Gasteiger partial charge >= 0.3 is 0 Å². The first-order valence-electron chi connectivity index (χ1n) is 15.0. The zero-order chi connectivity index (χ0) is 32.2. The van der Waals surface area contributed by atoms with E-state index in [1.807, 2.05) is 24.1 Å². The van der Waals surface area contributed by atoms with Crippen molar-refractivity contribution in [3.8, 4) is 22.1 Å². The number of imidazole rings is 1. The standard InChI is InChI=1S/C32H34N8O5S/c1-19-15-35-46-29(19)23-10-9-20(16-33-23)36-31(42)30-38-27(18-39(30)2)37-28(41)8-6-12-45-26-14-24-22(13-25(26)44-3)32(43)40-11-5-4-7-21(40)17-34-24/h9-10,13-18,21H,4-8,11-12H2,1-3H3,(H,36,42)(H,37,41)/t21-/m0/s1. The molecule has 1 saturated heterocycles. The van der Waals surface area contributed by atoms with Crippen molar-refractivity contribution in [1.82, 2.24) is 23.8 Å². The minimum absolute atomic E-state index is 0.000927. The molecule has 2 N–H and O–H groups in total. The number of rotatable bonds is 10. The summed E-state index contributed by atoms with van der Waals surface area (Å²) in [6, 6.07) is 6.99. The first-order chi connectivity index (χ1) is 22.3. The zero-order valence-corrected chi connectivity index (χ0v) is 26.6. The molecule has 2 aliphatic rings. The summed E-state index contributed by atoms with van der Waals surface area (Å²) < 4.78 is 17.2. The van der Waals surface area contributed by atoms with Crippen molar-refractivity contribution in [3.63, 3.8) is 0 Å². The third kappa shape index (κ3) is 6.61. The number of aliphatic imine (C=N–C) groups is 1. The third-order valence-corrected chi connectivity index (χ3v) is 8.79. The predicted octanol–water partition coefficient (Wildman–Crippen LogP) is 5.02. The zero-order valence-electron chi connectivity index (χ0n) is 25.8. The van der Waals surface area contributed by atoms with E-state index in [9.17, 15) is 14.4 Å². The molecule has 4 aromatic rings. The average molecular weight is 643 g/mol. The van der Waals surface area contributed by atoms with E-state index >= 15 is 0 Å². The highest BCUT2D eigenvalue weighted by Crippen LogP contribution is 2.38. The van der Waals surface area contributed by atoms with E-state index in [0.29, 0.717) is 41.4 Å². The number of nitrogens with zero attached hydrogens (tertiary/aromatic N) is 6. The molecule has 1 atom stereocenters. The molecule has 0 saturated carbocycles. The second-order valence-electron chi connectivity index (χ2n) is 11.1. The number of benzene rings is 1. The quantitative estimate of drug-likeness (QED) is 0.229. The fourth-order valence-electron chi connectivity index (χ4n) is 5.47. The minimum atomic E-state index is -0.434. The minimum Gasteiger partial charge on any atom is -0.493 e. The van der Waals surface area contributed by atoms with Crippen LogP contribution in [-0.4, -0.2) is 74.0 Å². The molecule has 6 rings (SSSR count). The van der Waals surface area contributed by atoms with Crippen LogP contribution in [0.5, 0.6) is 11.5 Å². The van der Waals surface area contributed by atoms with E-state index in [0.717, 1.165) is 35.4 Å². The summed E-state index contributed by atoms with van der Waals surface area (Å²) in [5, 5.41) is 5.53. The number of piperidine rings is 1. The van der Waals surface area contributed by atoms with E-state index in [1.165, 1.54) is 18.6 Å². The molecule has 2 aliphatic heterocycles. The van der Waals surface area contributed by atoms with Gasteiger partial charge in [-0.1, -0.05) is 0 Å². The van der Waals surface area contributed by atoms with Gasteiger partial charge in [-0.05, 0) is 67.9 Å². The van der Waals surface area contributed by atoms with Crippen molar-refractivity contribution in [2.75, 3.05) is 30.9 Å². The van der Waals surface area contributed by atoms with Gasteiger partial charge in [0.15, 0.2) is 17.3 Å². The van der Waals surface area contributed by atoms with Gasteiger partial charge in [0.25, 0.3) is 11.8 Å². The Morgan fingerprint density at radius 3 is 2.76 bits per heavy atom. The van der Waals surface area contributed by atoms with Crippen molar-refractivity contribution in [2.24, 2.45) is 12.0 Å². The first kappa shape index (κ1) is 30.9.